The molecule has 2 unspecified atom stereocenters. The van der Waals surface area contributed by atoms with Crippen molar-refractivity contribution in [3.63, 3.8) is 0 Å². The summed E-state index contributed by atoms with van der Waals surface area (Å²) in [7, 11) is 0. The van der Waals surface area contributed by atoms with Gasteiger partial charge in [0.05, 0.1) is 51.0 Å². The molecule has 394 valence electrons. The normalized spacial score (nSPS) is 17.8. The molecule has 0 radical (unpaired) electrons. The Morgan fingerprint density at radius 3 is 1.57 bits per heavy atom. The maximum absolute atomic E-state index is 7.17. The Bertz CT molecular complexity index is 5740. The molecule has 7 heterocycles. The molecule has 4 bridgehead atoms. The van der Waals surface area contributed by atoms with Crippen molar-refractivity contribution in [3.8, 4) is 44.5 Å². The van der Waals surface area contributed by atoms with Crippen LogP contribution in [0.3, 0.4) is 0 Å². The van der Waals surface area contributed by atoms with Crippen LogP contribution in [0.15, 0.2) is 235 Å². The van der Waals surface area contributed by atoms with Crippen molar-refractivity contribution in [3.05, 3.63) is 242 Å². The average Bonchev–Trinajstić information content (AvgIpc) is 1.54. The maximum Gasteiger partial charge on any atom is 0.135 e. The smallest absolute Gasteiger partial charge is 0.135 e. The minimum atomic E-state index is 0.465. The lowest BCUT2D eigenvalue weighted by molar-refractivity contribution is 0.165. The molecule has 5 heteroatoms. The van der Waals surface area contributed by atoms with Gasteiger partial charge in [0.1, 0.15) is 11.2 Å². The molecule has 21 rings (SSSR count). The summed E-state index contributed by atoms with van der Waals surface area (Å²) in [5, 5.41) is 15.6. The Morgan fingerprint density at radius 1 is 0.321 bits per heavy atom. The zero-order chi connectivity index (χ0) is 54.5. The topological polar surface area (TPSA) is 47.7 Å². The summed E-state index contributed by atoms with van der Waals surface area (Å²) in [6, 6.07) is 80.5. The van der Waals surface area contributed by atoms with Crippen LogP contribution in [-0.4, -0.2) is 18.8 Å². The highest BCUT2D eigenvalue weighted by molar-refractivity contribution is 6.41. The van der Waals surface area contributed by atoms with E-state index >= 15 is 0 Å². The minimum absolute atomic E-state index is 0.465. The van der Waals surface area contributed by atoms with E-state index in [-0.39, 0.29) is 0 Å². The summed E-state index contributed by atoms with van der Waals surface area (Å²) >= 11 is 0. The Labute approximate surface area is 482 Å². The first-order valence-corrected chi connectivity index (χ1v) is 30.1. The zero-order valence-electron chi connectivity index (χ0n) is 46.0. The number of pyridine rings is 2. The molecule has 7 aromatic heterocycles. The highest BCUT2D eigenvalue weighted by Gasteiger charge is 2.44. The van der Waals surface area contributed by atoms with Gasteiger partial charge in [0.2, 0.25) is 0 Å². The summed E-state index contributed by atoms with van der Waals surface area (Å²) in [6.45, 7) is 0. The quantitative estimate of drug-likeness (QED) is 0.176. The molecule has 0 N–H and O–H groups in total. The van der Waals surface area contributed by atoms with Crippen molar-refractivity contribution in [2.45, 2.75) is 43.9 Å². The lowest BCUT2D eigenvalue weighted by Crippen LogP contribution is -2.25. The molecule has 5 nitrogen and oxygen atoms in total. The zero-order valence-corrected chi connectivity index (χ0v) is 46.0. The van der Waals surface area contributed by atoms with E-state index in [0.717, 1.165) is 61.0 Å². The molecule has 84 heavy (non-hydrogen) atoms. The third kappa shape index (κ3) is 6.08. The number of benzene rings is 10. The highest BCUT2D eigenvalue weighted by atomic mass is 16.3. The maximum atomic E-state index is 7.17. The second-order valence-corrected chi connectivity index (χ2v) is 24.7. The van der Waals surface area contributed by atoms with Crippen LogP contribution in [-0.2, 0) is 0 Å². The number of para-hydroxylation sites is 2. The van der Waals surface area contributed by atoms with Crippen LogP contribution in [0.1, 0.15) is 55.2 Å². The Kier molecular flexibility index (Phi) is 9.09. The molecule has 2 atom stereocenters. The van der Waals surface area contributed by atoms with Crippen LogP contribution in [0.25, 0.3) is 164 Å². The number of fused-ring (bicyclic) bond motifs is 21. The van der Waals surface area contributed by atoms with Crippen molar-refractivity contribution in [2.24, 2.45) is 11.8 Å². The summed E-state index contributed by atoms with van der Waals surface area (Å²) in [5.41, 5.74) is 22.4. The minimum Gasteiger partial charge on any atom is -0.456 e. The van der Waals surface area contributed by atoms with Crippen molar-refractivity contribution < 1.29 is 4.42 Å². The lowest BCUT2D eigenvalue weighted by Gasteiger charge is -2.38. The summed E-state index contributed by atoms with van der Waals surface area (Å²) in [5.74, 6) is 2.45. The summed E-state index contributed by atoms with van der Waals surface area (Å²) in [6.07, 6.45) is 10.8. The van der Waals surface area contributed by atoms with E-state index in [2.05, 4.69) is 240 Å². The van der Waals surface area contributed by atoms with E-state index in [9.17, 15) is 0 Å². The Balaban J connectivity index is 1.02. The van der Waals surface area contributed by atoms with E-state index in [1.165, 1.54) is 159 Å². The third-order valence-electron chi connectivity index (χ3n) is 20.4. The van der Waals surface area contributed by atoms with E-state index in [4.69, 9.17) is 14.4 Å². The fourth-order valence-corrected chi connectivity index (χ4v) is 17.3. The van der Waals surface area contributed by atoms with E-state index in [1.807, 2.05) is 0 Å². The van der Waals surface area contributed by atoms with Crippen LogP contribution < -0.4 is 0 Å². The molecule has 2 fully saturated rings. The second-order valence-electron chi connectivity index (χ2n) is 24.7. The van der Waals surface area contributed by atoms with Crippen molar-refractivity contribution in [1.82, 2.24) is 18.8 Å². The van der Waals surface area contributed by atoms with Gasteiger partial charge in [0, 0.05) is 76.2 Å². The van der Waals surface area contributed by atoms with Crippen LogP contribution in [0.5, 0.6) is 0 Å². The Morgan fingerprint density at radius 2 is 0.845 bits per heavy atom. The number of hydrogen-bond acceptors (Lipinski definition) is 3. The highest BCUT2D eigenvalue weighted by Crippen LogP contribution is 2.60. The number of nitrogens with zero attached hydrogens (tertiary/aromatic N) is 4. The molecule has 0 saturated heterocycles. The monoisotopic (exact) mass is 1070 g/mol. The van der Waals surface area contributed by atoms with Gasteiger partial charge < -0.3 is 13.2 Å². The van der Waals surface area contributed by atoms with Gasteiger partial charge in [0.25, 0.3) is 0 Å². The molecule has 0 spiro atoms. The van der Waals surface area contributed by atoms with Crippen LogP contribution in [0.4, 0.5) is 0 Å². The molecule has 4 aliphatic rings. The third-order valence-corrected chi connectivity index (χ3v) is 20.4. The van der Waals surface area contributed by atoms with Gasteiger partial charge in [-0.15, -0.1) is 0 Å². The molecule has 2 saturated carbocycles. The lowest BCUT2D eigenvalue weighted by atomic mass is 9.67. The van der Waals surface area contributed by atoms with Gasteiger partial charge >= 0.3 is 0 Å². The molecule has 0 aliphatic heterocycles. The number of hydrogen-bond donors (Lipinski definition) is 0. The standard InChI is InChI=1S/C79H52N4O/c1-3-17-46(18-4-1)52-21-7-9-23-54(52)48-31-32-64-60(38-48)61-39-49(55-24-10-8-22-53(55)47-19-5-2-6-20-47)40-62-71-65(82(64)78(61)62)41-63-72-66(83-67-43-80-76-51-36-44-33-45(37-51)35-50(34-44)70(76)74(67)75(71)79(63)83)42-81-77-58-27-12-11-25-56(58)57-26-13-15-29-68(57)84-69-30-16-14-28-59(69)73(72)77/h1-32,38-45,50-51H,33-37H2. The van der Waals surface area contributed by atoms with Gasteiger partial charge in [-0.25, -0.2) is 0 Å². The van der Waals surface area contributed by atoms with Crippen molar-refractivity contribution >= 4 is 120 Å². The van der Waals surface area contributed by atoms with Crippen molar-refractivity contribution in [1.29, 1.82) is 0 Å². The van der Waals surface area contributed by atoms with Gasteiger partial charge in [-0.1, -0.05) is 176 Å². The van der Waals surface area contributed by atoms with Crippen molar-refractivity contribution in [2.75, 3.05) is 0 Å². The van der Waals surface area contributed by atoms with E-state index in [0.29, 0.717) is 11.8 Å². The van der Waals surface area contributed by atoms with E-state index < -0.39 is 0 Å². The largest absolute Gasteiger partial charge is 0.456 e. The van der Waals surface area contributed by atoms with Crippen LogP contribution >= 0.6 is 0 Å². The molecule has 17 aromatic rings. The number of rotatable bonds is 4. The fourth-order valence-electron chi connectivity index (χ4n) is 17.3. The SMILES string of the molecule is c1ccc(-c2ccccc2-c2ccc3c(c2)c2cc(-c4ccccc4-c4ccccc4)cc4c5c6c7c8c(ncc7n7c9cnc%10c%11ccccc%11c%11ccccc%11oc%11ccccc%11c%10c9c(cc5n3c24)c67)C2CC3CC(C2)CC8C3)cc1. The van der Waals surface area contributed by atoms with Gasteiger partial charge in [0.15, 0.2) is 0 Å². The summed E-state index contributed by atoms with van der Waals surface area (Å²) in [4.78, 5) is 11.4. The molecule has 10 aromatic carbocycles. The number of aromatic nitrogens is 4. The first-order valence-electron chi connectivity index (χ1n) is 30.1. The first kappa shape index (κ1) is 45.5. The molecular formula is C79H52N4O. The fraction of sp³-hybridized carbons (Fsp3) is 0.114. The van der Waals surface area contributed by atoms with Crippen LogP contribution in [0, 0.1) is 11.8 Å². The molecule has 4 aliphatic carbocycles. The summed E-state index contributed by atoms with van der Waals surface area (Å²) < 4.78 is 12.4. The van der Waals surface area contributed by atoms with Gasteiger partial charge in [-0.05, 0) is 148 Å². The predicted octanol–water partition coefficient (Wildman–Crippen LogP) is 21.2. The van der Waals surface area contributed by atoms with Gasteiger partial charge in [-0.3, -0.25) is 9.97 Å². The first-order chi connectivity index (χ1) is 41.7. The predicted molar refractivity (Wildman–Crippen MR) is 349 cm³/mol. The average molecular weight is 1070 g/mol. The Hall–Kier alpha value is -10.1. The van der Waals surface area contributed by atoms with E-state index in [1.54, 1.807) is 0 Å². The molecule has 0 amide bonds. The van der Waals surface area contributed by atoms with Crippen LogP contribution in [0.2, 0.25) is 0 Å². The second kappa shape index (κ2) is 16.8. The molecular weight excluding hydrogens is 1020 g/mol. The van der Waals surface area contributed by atoms with Gasteiger partial charge in [-0.2, -0.15) is 0 Å².